The molecule has 144 valence electrons. The normalized spacial score (nSPS) is 14.8. The lowest BCUT2D eigenvalue weighted by molar-refractivity contribution is 0.104. The Hall–Kier alpha value is -2.56. The minimum Gasteiger partial charge on any atom is -0.490 e. The maximum absolute atomic E-state index is 12.5. The number of hydrogen-bond donors (Lipinski definition) is 0. The van der Waals surface area contributed by atoms with Gasteiger partial charge in [0.2, 0.25) is 0 Å². The molecule has 2 aromatic rings. The van der Waals surface area contributed by atoms with Gasteiger partial charge in [0.15, 0.2) is 17.3 Å². The highest BCUT2D eigenvalue weighted by Gasteiger charge is 2.18. The summed E-state index contributed by atoms with van der Waals surface area (Å²) < 4.78 is 13.6. The van der Waals surface area contributed by atoms with Gasteiger partial charge in [0.1, 0.15) is 0 Å². The summed E-state index contributed by atoms with van der Waals surface area (Å²) in [6.07, 6.45) is 10.1. The van der Waals surface area contributed by atoms with Crippen molar-refractivity contribution in [1.29, 1.82) is 0 Å². The van der Waals surface area contributed by atoms with Gasteiger partial charge in [-0.25, -0.2) is 0 Å². The van der Waals surface area contributed by atoms with E-state index in [1.165, 1.54) is 12.8 Å². The fourth-order valence-corrected chi connectivity index (χ4v) is 3.36. The van der Waals surface area contributed by atoms with Gasteiger partial charge >= 0.3 is 0 Å². The van der Waals surface area contributed by atoms with E-state index >= 15 is 0 Å². The number of ketones is 1. The highest BCUT2D eigenvalue weighted by atomic mass is 16.5. The molecule has 5 heteroatoms. The molecule has 1 aromatic carbocycles. The van der Waals surface area contributed by atoms with E-state index in [2.05, 4.69) is 5.10 Å². The number of allylic oxidation sites excluding steroid dienone is 1. The first kappa shape index (κ1) is 19.2. The van der Waals surface area contributed by atoms with Crippen molar-refractivity contribution in [1.82, 2.24) is 9.78 Å². The molecule has 5 nitrogen and oxygen atoms in total. The summed E-state index contributed by atoms with van der Waals surface area (Å²) in [5.41, 5.74) is 2.30. The number of aryl methyl sites for hydroxylation is 2. The lowest BCUT2D eigenvalue weighted by Crippen LogP contribution is -2.11. The van der Waals surface area contributed by atoms with Gasteiger partial charge in [-0.05, 0) is 70.2 Å². The van der Waals surface area contributed by atoms with Gasteiger partial charge < -0.3 is 9.47 Å². The van der Waals surface area contributed by atoms with Crippen LogP contribution in [0.3, 0.4) is 0 Å². The van der Waals surface area contributed by atoms with E-state index in [4.69, 9.17) is 9.47 Å². The first-order valence-electron chi connectivity index (χ1n) is 9.80. The fraction of sp³-hybridized carbons (Fsp3) is 0.455. The van der Waals surface area contributed by atoms with Crippen LogP contribution in [-0.4, -0.2) is 28.3 Å². The number of hydrogen-bond acceptors (Lipinski definition) is 4. The van der Waals surface area contributed by atoms with Crippen LogP contribution in [0.15, 0.2) is 30.5 Å². The quantitative estimate of drug-likeness (QED) is 0.495. The first-order chi connectivity index (χ1) is 13.1. The molecule has 0 N–H and O–H groups in total. The number of rotatable bonds is 8. The van der Waals surface area contributed by atoms with Crippen LogP contribution in [0.4, 0.5) is 0 Å². The molecular weight excluding hydrogens is 340 g/mol. The number of carbonyl (C=O) groups excluding carboxylic acids is 1. The van der Waals surface area contributed by atoms with Gasteiger partial charge in [0, 0.05) is 12.7 Å². The predicted octanol–water partition coefficient (Wildman–Crippen LogP) is 4.83. The Morgan fingerprint density at radius 3 is 2.70 bits per heavy atom. The van der Waals surface area contributed by atoms with E-state index in [-0.39, 0.29) is 11.9 Å². The molecule has 1 aliphatic carbocycles. The van der Waals surface area contributed by atoms with Gasteiger partial charge in [-0.2, -0.15) is 5.10 Å². The Morgan fingerprint density at radius 2 is 2.04 bits per heavy atom. The van der Waals surface area contributed by atoms with E-state index < -0.39 is 0 Å². The van der Waals surface area contributed by atoms with E-state index in [0.717, 1.165) is 42.1 Å². The standard InChI is InChI=1S/C22H28N2O3/c1-4-24-15-19(16(3)23-24)20(25)12-10-17-11-13-21(22(14-17)26-5-2)27-18-8-6-7-9-18/h10-15,18H,4-9H2,1-3H3/b12-10+. The smallest absolute Gasteiger partial charge is 0.189 e. The molecule has 1 aromatic heterocycles. The third-order valence-electron chi connectivity index (χ3n) is 4.83. The number of carbonyl (C=O) groups is 1. The SMILES string of the molecule is CCOc1cc(/C=C/C(=O)c2cn(CC)nc2C)ccc1OC1CCCC1. The molecular formula is C22H28N2O3. The lowest BCUT2D eigenvalue weighted by atomic mass is 10.1. The minimum atomic E-state index is -0.0450. The molecule has 3 rings (SSSR count). The van der Waals surface area contributed by atoms with Gasteiger partial charge in [0.25, 0.3) is 0 Å². The molecule has 0 radical (unpaired) electrons. The summed E-state index contributed by atoms with van der Waals surface area (Å²) in [5, 5.41) is 4.33. The highest BCUT2D eigenvalue weighted by molar-refractivity contribution is 6.07. The second-order valence-electron chi connectivity index (χ2n) is 6.84. The zero-order valence-electron chi connectivity index (χ0n) is 16.4. The summed E-state index contributed by atoms with van der Waals surface area (Å²) in [6.45, 7) is 7.14. The Labute approximate surface area is 161 Å². The average Bonchev–Trinajstić information content (AvgIpc) is 3.31. The largest absolute Gasteiger partial charge is 0.490 e. The van der Waals surface area contributed by atoms with Crippen LogP contribution in [0.2, 0.25) is 0 Å². The Balaban J connectivity index is 1.75. The molecule has 1 heterocycles. The number of benzene rings is 1. The molecule has 0 amide bonds. The second-order valence-corrected chi connectivity index (χ2v) is 6.84. The summed E-state index contributed by atoms with van der Waals surface area (Å²) in [6, 6.07) is 5.83. The van der Waals surface area contributed by atoms with Crippen LogP contribution in [-0.2, 0) is 6.54 Å². The highest BCUT2D eigenvalue weighted by Crippen LogP contribution is 2.33. The van der Waals surface area contributed by atoms with Crippen LogP contribution < -0.4 is 9.47 Å². The summed E-state index contributed by atoms with van der Waals surface area (Å²) in [5.74, 6) is 1.47. The Bertz CT molecular complexity index is 817. The van der Waals surface area contributed by atoms with E-state index in [0.29, 0.717) is 12.2 Å². The number of aromatic nitrogens is 2. The van der Waals surface area contributed by atoms with Crippen LogP contribution in [0.5, 0.6) is 11.5 Å². The third kappa shape index (κ3) is 4.79. The van der Waals surface area contributed by atoms with Crippen molar-refractivity contribution in [2.24, 2.45) is 0 Å². The van der Waals surface area contributed by atoms with Crippen LogP contribution >= 0.6 is 0 Å². The van der Waals surface area contributed by atoms with Crippen LogP contribution in [0.25, 0.3) is 6.08 Å². The molecule has 0 atom stereocenters. The molecule has 0 spiro atoms. The van der Waals surface area contributed by atoms with Crippen molar-refractivity contribution in [2.45, 2.75) is 59.1 Å². The first-order valence-corrected chi connectivity index (χ1v) is 9.80. The summed E-state index contributed by atoms with van der Waals surface area (Å²) >= 11 is 0. The second kappa shape index (κ2) is 8.89. The lowest BCUT2D eigenvalue weighted by Gasteiger charge is -2.17. The molecule has 1 aliphatic rings. The predicted molar refractivity (Wildman–Crippen MR) is 106 cm³/mol. The van der Waals surface area contributed by atoms with Gasteiger partial charge in [-0.1, -0.05) is 12.1 Å². The molecule has 0 bridgehead atoms. The van der Waals surface area contributed by atoms with Crippen LogP contribution in [0, 0.1) is 6.92 Å². The van der Waals surface area contributed by atoms with Crippen molar-refractivity contribution in [3.8, 4) is 11.5 Å². The molecule has 0 saturated heterocycles. The van der Waals surface area contributed by atoms with Crippen molar-refractivity contribution < 1.29 is 14.3 Å². The average molecular weight is 368 g/mol. The molecule has 0 aliphatic heterocycles. The monoisotopic (exact) mass is 368 g/mol. The van der Waals surface area contributed by atoms with E-state index in [1.54, 1.807) is 17.0 Å². The van der Waals surface area contributed by atoms with Gasteiger partial charge in [-0.15, -0.1) is 0 Å². The maximum atomic E-state index is 12.5. The van der Waals surface area contributed by atoms with E-state index in [1.807, 2.05) is 45.0 Å². The Morgan fingerprint density at radius 1 is 1.26 bits per heavy atom. The maximum Gasteiger partial charge on any atom is 0.189 e. The number of ether oxygens (including phenoxy) is 2. The minimum absolute atomic E-state index is 0.0450. The fourth-order valence-electron chi connectivity index (χ4n) is 3.36. The van der Waals surface area contributed by atoms with Gasteiger partial charge in [0.05, 0.1) is 24.0 Å². The van der Waals surface area contributed by atoms with Gasteiger partial charge in [-0.3, -0.25) is 9.48 Å². The molecule has 1 saturated carbocycles. The van der Waals surface area contributed by atoms with Crippen molar-refractivity contribution in [3.05, 3.63) is 47.3 Å². The zero-order chi connectivity index (χ0) is 19.2. The Kier molecular flexibility index (Phi) is 6.32. The summed E-state index contributed by atoms with van der Waals surface area (Å²) in [7, 11) is 0. The van der Waals surface area contributed by atoms with Crippen molar-refractivity contribution in [3.63, 3.8) is 0 Å². The molecule has 27 heavy (non-hydrogen) atoms. The molecule has 1 fully saturated rings. The topological polar surface area (TPSA) is 53.4 Å². The van der Waals surface area contributed by atoms with Crippen LogP contribution in [0.1, 0.15) is 61.1 Å². The third-order valence-corrected chi connectivity index (χ3v) is 4.83. The summed E-state index contributed by atoms with van der Waals surface area (Å²) in [4.78, 5) is 12.5. The number of nitrogens with zero attached hydrogens (tertiary/aromatic N) is 2. The van der Waals surface area contributed by atoms with Crippen molar-refractivity contribution in [2.75, 3.05) is 6.61 Å². The van der Waals surface area contributed by atoms with Crippen molar-refractivity contribution >= 4 is 11.9 Å². The zero-order valence-corrected chi connectivity index (χ0v) is 16.4. The van der Waals surface area contributed by atoms with E-state index in [9.17, 15) is 4.79 Å². The molecule has 0 unspecified atom stereocenters.